The van der Waals surface area contributed by atoms with Crippen LogP contribution in [0.1, 0.15) is 39.0 Å². The van der Waals surface area contributed by atoms with Gasteiger partial charge in [-0.25, -0.2) is 0 Å². The summed E-state index contributed by atoms with van der Waals surface area (Å²) in [6.45, 7) is 2.12. The van der Waals surface area contributed by atoms with Crippen molar-refractivity contribution in [3.8, 4) is 0 Å². The quantitative estimate of drug-likeness (QED) is 0.605. The van der Waals surface area contributed by atoms with E-state index in [0.29, 0.717) is 5.12 Å². The van der Waals surface area contributed by atoms with Gasteiger partial charge in [0.25, 0.3) is 0 Å². The first-order chi connectivity index (χ1) is 5.19. The van der Waals surface area contributed by atoms with Crippen molar-refractivity contribution < 1.29 is 4.79 Å². The summed E-state index contributed by atoms with van der Waals surface area (Å²) in [7, 11) is 0. The van der Waals surface area contributed by atoms with E-state index in [0.717, 1.165) is 12.8 Å². The standard InChI is InChI=1S/C9H16OS/c1-9(8(10)11-2)6-4-3-5-7-9/h3-7H2,1-2H3. The Bertz CT molecular complexity index is 148. The Morgan fingerprint density at radius 3 is 2.27 bits per heavy atom. The van der Waals surface area contributed by atoms with Crippen LogP contribution < -0.4 is 0 Å². The molecule has 1 aliphatic carbocycles. The molecule has 64 valence electrons. The van der Waals surface area contributed by atoms with E-state index in [1.54, 1.807) is 0 Å². The van der Waals surface area contributed by atoms with Gasteiger partial charge >= 0.3 is 0 Å². The van der Waals surface area contributed by atoms with Crippen LogP contribution in [-0.2, 0) is 4.79 Å². The van der Waals surface area contributed by atoms with Crippen LogP contribution in [0.5, 0.6) is 0 Å². The SMILES string of the molecule is CSC(=O)C1(C)CCCCC1. The highest BCUT2D eigenvalue weighted by Crippen LogP contribution is 2.38. The molecule has 11 heavy (non-hydrogen) atoms. The first-order valence-corrected chi connectivity index (χ1v) is 5.50. The molecule has 0 spiro atoms. The average Bonchev–Trinajstić information content (AvgIpc) is 2.04. The minimum atomic E-state index is 0.0116. The molecular weight excluding hydrogens is 156 g/mol. The molecule has 0 aromatic carbocycles. The van der Waals surface area contributed by atoms with Crippen LogP contribution in [0.25, 0.3) is 0 Å². The number of carbonyl (C=O) groups excluding carboxylic acids is 1. The van der Waals surface area contributed by atoms with Gasteiger partial charge in [-0.2, -0.15) is 0 Å². The fraction of sp³-hybridized carbons (Fsp3) is 0.889. The lowest BCUT2D eigenvalue weighted by Crippen LogP contribution is -2.27. The number of carbonyl (C=O) groups is 1. The zero-order valence-electron chi connectivity index (χ0n) is 7.35. The molecule has 1 saturated carbocycles. The summed E-state index contributed by atoms with van der Waals surface area (Å²) < 4.78 is 0. The third-order valence-corrected chi connectivity index (χ3v) is 3.50. The summed E-state index contributed by atoms with van der Waals surface area (Å²) in [5, 5.41) is 0.386. The first-order valence-electron chi connectivity index (χ1n) is 4.27. The van der Waals surface area contributed by atoms with Crippen LogP contribution in [0.2, 0.25) is 0 Å². The maximum Gasteiger partial charge on any atom is 0.194 e. The van der Waals surface area contributed by atoms with Gasteiger partial charge in [-0.3, -0.25) is 4.79 Å². The van der Waals surface area contributed by atoms with Gasteiger partial charge in [0.2, 0.25) is 0 Å². The van der Waals surface area contributed by atoms with E-state index in [1.807, 2.05) is 6.26 Å². The van der Waals surface area contributed by atoms with Gasteiger partial charge in [0.15, 0.2) is 5.12 Å². The summed E-state index contributed by atoms with van der Waals surface area (Å²) in [6, 6.07) is 0. The molecule has 0 aliphatic heterocycles. The molecular formula is C9H16OS. The zero-order valence-corrected chi connectivity index (χ0v) is 8.17. The molecule has 0 atom stereocenters. The first kappa shape index (κ1) is 9.11. The minimum absolute atomic E-state index is 0.0116. The summed E-state index contributed by atoms with van der Waals surface area (Å²) in [4.78, 5) is 11.5. The lowest BCUT2D eigenvalue weighted by atomic mass is 9.77. The van der Waals surface area contributed by atoms with E-state index in [-0.39, 0.29) is 5.41 Å². The molecule has 0 heterocycles. The highest BCUT2D eigenvalue weighted by molar-refractivity contribution is 8.13. The molecule has 0 N–H and O–H groups in total. The Balaban J connectivity index is 2.56. The molecule has 1 aliphatic rings. The van der Waals surface area contributed by atoms with E-state index >= 15 is 0 Å². The Hall–Kier alpha value is 0.0200. The normalized spacial score (nSPS) is 23.1. The van der Waals surface area contributed by atoms with Gasteiger partial charge in [0.1, 0.15) is 0 Å². The van der Waals surface area contributed by atoms with Gasteiger partial charge < -0.3 is 0 Å². The second-order valence-electron chi connectivity index (χ2n) is 3.61. The van der Waals surface area contributed by atoms with Crippen LogP contribution in [0.15, 0.2) is 0 Å². The van der Waals surface area contributed by atoms with E-state index in [1.165, 1.54) is 31.0 Å². The van der Waals surface area contributed by atoms with Gasteiger partial charge in [0, 0.05) is 5.41 Å². The third kappa shape index (κ3) is 1.98. The van der Waals surface area contributed by atoms with Gasteiger partial charge in [-0.1, -0.05) is 37.9 Å². The number of hydrogen-bond donors (Lipinski definition) is 0. The van der Waals surface area contributed by atoms with E-state index < -0.39 is 0 Å². The van der Waals surface area contributed by atoms with Crippen molar-refractivity contribution in [2.75, 3.05) is 6.26 Å². The molecule has 1 nitrogen and oxygen atoms in total. The minimum Gasteiger partial charge on any atom is -0.287 e. The van der Waals surface area contributed by atoms with Crippen molar-refractivity contribution in [1.82, 2.24) is 0 Å². The largest absolute Gasteiger partial charge is 0.287 e. The lowest BCUT2D eigenvalue weighted by molar-refractivity contribution is -0.120. The highest BCUT2D eigenvalue weighted by Gasteiger charge is 2.33. The molecule has 0 aromatic rings. The Morgan fingerprint density at radius 2 is 1.82 bits per heavy atom. The van der Waals surface area contributed by atoms with Crippen molar-refractivity contribution >= 4 is 16.9 Å². The van der Waals surface area contributed by atoms with Crippen LogP contribution in [0.3, 0.4) is 0 Å². The molecule has 2 heteroatoms. The maximum absolute atomic E-state index is 11.5. The summed E-state index contributed by atoms with van der Waals surface area (Å²) in [5.41, 5.74) is 0.0116. The van der Waals surface area contributed by atoms with Gasteiger partial charge in [0.05, 0.1) is 0 Å². The van der Waals surface area contributed by atoms with Crippen molar-refractivity contribution in [2.45, 2.75) is 39.0 Å². The number of hydrogen-bond acceptors (Lipinski definition) is 2. The Labute approximate surface area is 72.9 Å². The average molecular weight is 172 g/mol. The molecule has 1 fully saturated rings. The van der Waals surface area contributed by atoms with Gasteiger partial charge in [-0.05, 0) is 19.1 Å². The number of thioether (sulfide) groups is 1. The van der Waals surface area contributed by atoms with E-state index in [2.05, 4.69) is 6.92 Å². The van der Waals surface area contributed by atoms with E-state index in [4.69, 9.17) is 0 Å². The molecule has 0 bridgehead atoms. The van der Waals surface area contributed by atoms with Crippen LogP contribution >= 0.6 is 11.8 Å². The topological polar surface area (TPSA) is 17.1 Å². The van der Waals surface area contributed by atoms with Crippen LogP contribution in [-0.4, -0.2) is 11.4 Å². The predicted molar refractivity (Wildman–Crippen MR) is 49.7 cm³/mol. The van der Waals surface area contributed by atoms with Crippen molar-refractivity contribution in [3.63, 3.8) is 0 Å². The predicted octanol–water partition coefficient (Wildman–Crippen LogP) is 2.85. The van der Waals surface area contributed by atoms with E-state index in [9.17, 15) is 4.79 Å². The van der Waals surface area contributed by atoms with Crippen molar-refractivity contribution in [1.29, 1.82) is 0 Å². The fourth-order valence-corrected chi connectivity index (χ4v) is 2.48. The molecule has 1 rings (SSSR count). The second kappa shape index (κ2) is 3.61. The maximum atomic E-state index is 11.5. The smallest absolute Gasteiger partial charge is 0.194 e. The summed E-state index contributed by atoms with van der Waals surface area (Å²) in [6.07, 6.45) is 7.89. The Morgan fingerprint density at radius 1 is 1.27 bits per heavy atom. The second-order valence-corrected chi connectivity index (χ2v) is 4.39. The fourth-order valence-electron chi connectivity index (χ4n) is 1.78. The van der Waals surface area contributed by atoms with Gasteiger partial charge in [-0.15, -0.1) is 0 Å². The van der Waals surface area contributed by atoms with Crippen molar-refractivity contribution in [3.05, 3.63) is 0 Å². The molecule has 0 saturated heterocycles. The number of rotatable bonds is 1. The summed E-state index contributed by atoms with van der Waals surface area (Å²) in [5.74, 6) is 0. The van der Waals surface area contributed by atoms with Crippen molar-refractivity contribution in [2.24, 2.45) is 5.41 Å². The zero-order chi connectivity index (χ0) is 8.32. The van der Waals surface area contributed by atoms with Crippen LogP contribution in [0, 0.1) is 5.41 Å². The molecule has 0 radical (unpaired) electrons. The summed E-state index contributed by atoms with van der Waals surface area (Å²) >= 11 is 1.39. The third-order valence-electron chi connectivity index (χ3n) is 2.64. The molecule has 0 unspecified atom stereocenters. The monoisotopic (exact) mass is 172 g/mol. The molecule has 0 amide bonds. The molecule has 0 aromatic heterocycles. The Kier molecular flexibility index (Phi) is 2.99. The highest BCUT2D eigenvalue weighted by atomic mass is 32.2. The lowest BCUT2D eigenvalue weighted by Gasteiger charge is -2.30. The van der Waals surface area contributed by atoms with Crippen LogP contribution in [0.4, 0.5) is 0 Å².